The number of hydrogen-bond acceptors (Lipinski definition) is 7. The van der Waals surface area contributed by atoms with Crippen LogP contribution in [0.2, 0.25) is 0 Å². The predicted molar refractivity (Wildman–Crippen MR) is 132 cm³/mol. The smallest absolute Gasteiger partial charge is 0.187 e. The lowest BCUT2D eigenvalue weighted by molar-refractivity contribution is -0.250. The normalized spacial score (nSPS) is 51.5. The molecule has 0 bridgehead atoms. The molecular formula is C29H42O7. The highest BCUT2D eigenvalue weighted by Crippen LogP contribution is 2.80. The minimum atomic E-state index is -1.77. The third kappa shape index (κ3) is 2.98. The van der Waals surface area contributed by atoms with Crippen molar-refractivity contribution in [2.45, 2.75) is 103 Å². The van der Waals surface area contributed by atoms with Crippen LogP contribution in [0.3, 0.4) is 0 Å². The van der Waals surface area contributed by atoms with Crippen LogP contribution in [0, 0.1) is 39.4 Å². The number of aliphatic hydroxyl groups is 5. The first-order chi connectivity index (χ1) is 16.4. The summed E-state index contributed by atoms with van der Waals surface area (Å²) < 4.78 is 0. The van der Waals surface area contributed by atoms with Crippen LogP contribution < -0.4 is 0 Å². The van der Waals surface area contributed by atoms with Crippen molar-refractivity contribution in [3.63, 3.8) is 0 Å². The molecule has 5 aliphatic carbocycles. The maximum atomic E-state index is 14.2. The lowest BCUT2D eigenvalue weighted by Crippen LogP contribution is -2.74. The van der Waals surface area contributed by atoms with Crippen molar-refractivity contribution in [2.24, 2.45) is 39.4 Å². The lowest BCUT2D eigenvalue weighted by Gasteiger charge is -2.70. The van der Waals surface area contributed by atoms with E-state index in [9.17, 15) is 35.1 Å². The van der Waals surface area contributed by atoms with Gasteiger partial charge in [-0.15, -0.1) is 0 Å². The summed E-state index contributed by atoms with van der Waals surface area (Å²) in [6, 6.07) is 0. The Labute approximate surface area is 213 Å². The summed E-state index contributed by atoms with van der Waals surface area (Å²) >= 11 is 0. The second-order valence-electron chi connectivity index (χ2n) is 14.1. The molecule has 4 saturated carbocycles. The maximum Gasteiger partial charge on any atom is 0.187 e. The number of carbonyl (C=O) groups excluding carboxylic acids is 2. The van der Waals surface area contributed by atoms with Gasteiger partial charge in [-0.25, -0.2) is 0 Å². The molecule has 0 aromatic carbocycles. The topological polar surface area (TPSA) is 135 Å². The molecule has 5 N–H and O–H groups in total. The van der Waals surface area contributed by atoms with E-state index in [1.165, 1.54) is 12.2 Å². The van der Waals surface area contributed by atoms with Crippen molar-refractivity contribution < 1.29 is 35.1 Å². The molecule has 0 saturated heterocycles. The molecule has 0 aliphatic heterocycles. The van der Waals surface area contributed by atoms with Crippen molar-refractivity contribution in [3.8, 4) is 0 Å². The Bertz CT molecular complexity index is 1070. The lowest BCUT2D eigenvalue weighted by atomic mass is 9.33. The van der Waals surface area contributed by atoms with Crippen LogP contribution in [-0.2, 0) is 9.59 Å². The third-order valence-corrected chi connectivity index (χ3v) is 11.5. The summed E-state index contributed by atoms with van der Waals surface area (Å²) in [5.41, 5.74) is -4.55. The number of rotatable bonds is 3. The standard InChI is InChI=1S/C29H42O7/c1-24(2,35)10-9-20(32)29(36)14-28-13-21(33)27(6)16-11-17(30)23(34)25(3,4)15(16)7-8-19(27)26(28,5)12-18(31)22(28)29/h7,9-10,16-19,22-23,30-31,34-36H,8,11-14H2,1-6H3/b10-9+/t16-,17+,18-,19+,22+,23+,26+,27+,28+,29+/m1/s1. The van der Waals surface area contributed by atoms with Gasteiger partial charge < -0.3 is 25.5 Å². The van der Waals surface area contributed by atoms with Crippen molar-refractivity contribution in [1.29, 1.82) is 0 Å². The molecule has 5 aliphatic rings. The van der Waals surface area contributed by atoms with Gasteiger partial charge in [-0.3, -0.25) is 9.59 Å². The van der Waals surface area contributed by atoms with E-state index in [-0.39, 0.29) is 30.5 Å². The fourth-order valence-corrected chi connectivity index (χ4v) is 9.65. The molecule has 200 valence electrons. The summed E-state index contributed by atoms with van der Waals surface area (Å²) in [5, 5.41) is 54.3. The molecule has 0 unspecified atom stereocenters. The second-order valence-corrected chi connectivity index (χ2v) is 14.1. The van der Waals surface area contributed by atoms with E-state index in [0.717, 1.165) is 5.57 Å². The summed E-state index contributed by atoms with van der Waals surface area (Å²) in [6.07, 6.45) is 3.54. The average molecular weight is 503 g/mol. The molecule has 0 radical (unpaired) electrons. The highest BCUT2D eigenvalue weighted by atomic mass is 16.3. The van der Waals surface area contributed by atoms with Gasteiger partial charge in [0.25, 0.3) is 0 Å². The summed E-state index contributed by atoms with van der Waals surface area (Å²) in [7, 11) is 0. The molecule has 36 heavy (non-hydrogen) atoms. The Hall–Kier alpha value is -1.38. The van der Waals surface area contributed by atoms with Gasteiger partial charge >= 0.3 is 0 Å². The molecule has 7 heteroatoms. The van der Waals surface area contributed by atoms with Gasteiger partial charge in [0.2, 0.25) is 0 Å². The SMILES string of the molecule is CC(C)(O)/C=C/C(=O)[C@@]1(O)C[C@]23CC(=O)[C@@]4(C)[C@@H]5C[C@H](O)[C@H](O)C(C)(C)C5=CC[C@H]4[C@]2(C)C[C@@H](O)[C@@H]31. The zero-order chi connectivity index (χ0) is 26.9. The minimum absolute atomic E-state index is 0.0561. The zero-order valence-electron chi connectivity index (χ0n) is 22.3. The van der Waals surface area contributed by atoms with Crippen LogP contribution in [-0.4, -0.2) is 66.6 Å². The van der Waals surface area contributed by atoms with E-state index in [2.05, 4.69) is 13.0 Å². The molecule has 0 aromatic rings. The van der Waals surface area contributed by atoms with Gasteiger partial charge in [-0.1, -0.05) is 45.4 Å². The van der Waals surface area contributed by atoms with E-state index in [0.29, 0.717) is 19.3 Å². The van der Waals surface area contributed by atoms with Crippen molar-refractivity contribution in [2.75, 3.05) is 0 Å². The minimum Gasteiger partial charge on any atom is -0.393 e. The summed E-state index contributed by atoms with van der Waals surface area (Å²) in [4.78, 5) is 27.3. The quantitative estimate of drug-likeness (QED) is 0.295. The molecule has 0 amide bonds. The van der Waals surface area contributed by atoms with Gasteiger partial charge in [0.1, 0.15) is 11.4 Å². The number of allylic oxidation sites excluding steroid dienone is 1. The average Bonchev–Trinajstić information content (AvgIpc) is 2.92. The molecular weight excluding hydrogens is 460 g/mol. The van der Waals surface area contributed by atoms with Crippen LogP contribution in [0.15, 0.2) is 23.8 Å². The van der Waals surface area contributed by atoms with E-state index >= 15 is 0 Å². The zero-order valence-corrected chi connectivity index (χ0v) is 22.3. The molecule has 5 rings (SSSR count). The van der Waals surface area contributed by atoms with Crippen LogP contribution in [0.25, 0.3) is 0 Å². The first-order valence-corrected chi connectivity index (χ1v) is 13.3. The Morgan fingerprint density at radius 1 is 1.11 bits per heavy atom. The highest BCUT2D eigenvalue weighted by molar-refractivity contribution is 5.99. The second kappa shape index (κ2) is 7.38. The molecule has 0 heterocycles. The van der Waals surface area contributed by atoms with Gasteiger partial charge in [0.05, 0.1) is 23.9 Å². The van der Waals surface area contributed by atoms with Crippen molar-refractivity contribution in [1.82, 2.24) is 0 Å². The van der Waals surface area contributed by atoms with Gasteiger partial charge in [0.15, 0.2) is 5.78 Å². The van der Waals surface area contributed by atoms with Crippen LogP contribution in [0.1, 0.15) is 73.6 Å². The fourth-order valence-electron chi connectivity index (χ4n) is 9.65. The van der Waals surface area contributed by atoms with Gasteiger partial charge in [-0.05, 0) is 68.3 Å². The summed E-state index contributed by atoms with van der Waals surface area (Å²) in [6.45, 7) is 11.0. The van der Waals surface area contributed by atoms with Crippen LogP contribution >= 0.6 is 0 Å². The Morgan fingerprint density at radius 3 is 2.36 bits per heavy atom. The largest absolute Gasteiger partial charge is 0.393 e. The van der Waals surface area contributed by atoms with Gasteiger partial charge in [0, 0.05) is 23.2 Å². The Morgan fingerprint density at radius 2 is 1.75 bits per heavy atom. The van der Waals surface area contributed by atoms with Gasteiger partial charge in [-0.2, -0.15) is 0 Å². The molecule has 4 fully saturated rings. The number of ketones is 2. The molecule has 10 atom stereocenters. The van der Waals surface area contributed by atoms with E-state index in [1.54, 1.807) is 13.8 Å². The van der Waals surface area contributed by atoms with E-state index in [1.807, 2.05) is 20.8 Å². The number of Topliss-reactive ketones (excluding diaryl/α,β-unsaturated/α-hetero) is 1. The first kappa shape index (κ1) is 26.2. The maximum absolute atomic E-state index is 14.2. The fraction of sp³-hybridized carbons (Fsp3) is 0.793. The third-order valence-electron chi connectivity index (χ3n) is 11.5. The van der Waals surface area contributed by atoms with Crippen LogP contribution in [0.4, 0.5) is 0 Å². The predicted octanol–water partition coefficient (Wildman–Crippen LogP) is 2.08. The van der Waals surface area contributed by atoms with Crippen LogP contribution in [0.5, 0.6) is 0 Å². The highest BCUT2D eigenvalue weighted by Gasteiger charge is 2.82. The number of hydrogen-bond donors (Lipinski definition) is 5. The van der Waals surface area contributed by atoms with E-state index < -0.39 is 62.9 Å². The van der Waals surface area contributed by atoms with Crippen molar-refractivity contribution in [3.05, 3.63) is 23.8 Å². The van der Waals surface area contributed by atoms with E-state index in [4.69, 9.17) is 0 Å². The number of carbonyl (C=O) groups is 2. The molecule has 7 nitrogen and oxygen atoms in total. The molecule has 0 aromatic heterocycles. The Kier molecular flexibility index (Phi) is 5.38. The Balaban J connectivity index is 1.55. The molecule has 1 spiro atoms. The first-order valence-electron chi connectivity index (χ1n) is 13.3. The monoisotopic (exact) mass is 502 g/mol. The number of fused-ring (bicyclic) bond motifs is 4. The summed E-state index contributed by atoms with van der Waals surface area (Å²) in [5.74, 6) is -1.56. The number of aliphatic hydroxyl groups excluding tert-OH is 3. The van der Waals surface area contributed by atoms with Crippen molar-refractivity contribution >= 4 is 11.6 Å².